The number of carboxylic acid groups (broad SMARTS) is 1. The number of nitrogen functional groups attached to an aromatic ring is 1. The second-order valence-electron chi connectivity index (χ2n) is 3.20. The van der Waals surface area contributed by atoms with E-state index in [0.717, 1.165) is 12.3 Å². The van der Waals surface area contributed by atoms with Gasteiger partial charge in [-0.1, -0.05) is 11.6 Å². The van der Waals surface area contributed by atoms with Gasteiger partial charge in [0, 0.05) is 11.8 Å². The fraction of sp³-hybridized carbons (Fsp3) is 0.250. The van der Waals surface area contributed by atoms with Crippen LogP contribution in [-0.4, -0.2) is 22.2 Å². The summed E-state index contributed by atoms with van der Waals surface area (Å²) < 4.78 is 38.2. The van der Waals surface area contributed by atoms with Gasteiger partial charge in [0.2, 0.25) is 5.54 Å². The number of alkyl halides is 3. The second kappa shape index (κ2) is 4.04. The average molecular weight is 270 g/mol. The molecule has 1 heterocycles. The van der Waals surface area contributed by atoms with E-state index in [1.54, 1.807) is 0 Å². The predicted octanol–water partition coefficient (Wildman–Crippen LogP) is 1.12. The van der Waals surface area contributed by atoms with Crippen molar-refractivity contribution in [2.75, 3.05) is 5.73 Å². The molecule has 0 saturated carbocycles. The van der Waals surface area contributed by atoms with Gasteiger partial charge in [0.05, 0.1) is 5.02 Å². The molecule has 1 unspecified atom stereocenters. The Labute approximate surface area is 98.2 Å². The van der Waals surface area contributed by atoms with E-state index in [0.29, 0.717) is 0 Å². The van der Waals surface area contributed by atoms with Crippen LogP contribution in [0.3, 0.4) is 0 Å². The molecule has 0 fully saturated rings. The van der Waals surface area contributed by atoms with Crippen LogP contribution >= 0.6 is 11.6 Å². The number of anilines is 1. The Morgan fingerprint density at radius 3 is 2.41 bits per heavy atom. The monoisotopic (exact) mass is 269 g/mol. The number of pyridine rings is 1. The zero-order valence-electron chi connectivity index (χ0n) is 8.12. The quantitative estimate of drug-likeness (QED) is 0.746. The van der Waals surface area contributed by atoms with Crippen molar-refractivity contribution in [1.82, 2.24) is 4.98 Å². The smallest absolute Gasteiger partial charge is 0.421 e. The van der Waals surface area contributed by atoms with Gasteiger partial charge in [-0.15, -0.1) is 0 Å². The van der Waals surface area contributed by atoms with Gasteiger partial charge < -0.3 is 16.6 Å². The first kappa shape index (κ1) is 13.5. The van der Waals surface area contributed by atoms with Crippen LogP contribution in [0.5, 0.6) is 0 Å². The lowest BCUT2D eigenvalue weighted by molar-refractivity contribution is -0.204. The van der Waals surface area contributed by atoms with Gasteiger partial charge in [-0.2, -0.15) is 13.2 Å². The minimum atomic E-state index is -5.24. The summed E-state index contributed by atoms with van der Waals surface area (Å²) in [4.78, 5) is 14.1. The van der Waals surface area contributed by atoms with Crippen molar-refractivity contribution in [1.29, 1.82) is 0 Å². The van der Waals surface area contributed by atoms with E-state index in [9.17, 15) is 18.0 Å². The predicted molar refractivity (Wildman–Crippen MR) is 53.2 cm³/mol. The van der Waals surface area contributed by atoms with Crippen LogP contribution in [0.1, 0.15) is 5.56 Å². The lowest BCUT2D eigenvalue weighted by atomic mass is 9.90. The lowest BCUT2D eigenvalue weighted by Crippen LogP contribution is -2.57. The minimum Gasteiger partial charge on any atom is -0.479 e. The normalized spacial score (nSPS) is 15.4. The van der Waals surface area contributed by atoms with Crippen molar-refractivity contribution in [2.45, 2.75) is 11.7 Å². The molecule has 9 heteroatoms. The third-order valence-corrected chi connectivity index (χ3v) is 2.30. The van der Waals surface area contributed by atoms with E-state index < -0.39 is 29.1 Å². The lowest BCUT2D eigenvalue weighted by Gasteiger charge is -2.28. The molecule has 1 atom stereocenters. The Bertz CT molecular complexity index is 466. The van der Waals surface area contributed by atoms with Gasteiger partial charge in [-0.3, -0.25) is 0 Å². The molecule has 0 aromatic carbocycles. The highest BCUT2D eigenvalue weighted by molar-refractivity contribution is 6.30. The molecule has 5 nitrogen and oxygen atoms in total. The number of carboxylic acids is 1. The van der Waals surface area contributed by atoms with Crippen LogP contribution in [0.15, 0.2) is 12.3 Å². The molecule has 94 valence electrons. The molecule has 0 aliphatic heterocycles. The maximum absolute atomic E-state index is 12.7. The van der Waals surface area contributed by atoms with E-state index in [2.05, 4.69) is 4.98 Å². The highest BCUT2D eigenvalue weighted by Crippen LogP contribution is 2.39. The number of halogens is 4. The van der Waals surface area contributed by atoms with Crippen LogP contribution < -0.4 is 11.5 Å². The van der Waals surface area contributed by atoms with Gasteiger partial charge in [0.15, 0.2) is 0 Å². The third-order valence-electron chi connectivity index (χ3n) is 2.09. The molecule has 1 rings (SSSR count). The molecular formula is C8H7ClF3N3O2. The summed E-state index contributed by atoms with van der Waals surface area (Å²) in [6.45, 7) is 0. The molecule has 0 spiro atoms. The molecule has 17 heavy (non-hydrogen) atoms. The molecule has 0 saturated heterocycles. The molecule has 0 bridgehead atoms. The summed E-state index contributed by atoms with van der Waals surface area (Å²) in [5.41, 5.74) is 5.56. The summed E-state index contributed by atoms with van der Waals surface area (Å²) in [6.07, 6.45) is -4.25. The van der Waals surface area contributed by atoms with Crippen molar-refractivity contribution in [3.63, 3.8) is 0 Å². The van der Waals surface area contributed by atoms with E-state index >= 15 is 0 Å². The molecule has 0 amide bonds. The van der Waals surface area contributed by atoms with E-state index in [-0.39, 0.29) is 5.02 Å². The Morgan fingerprint density at radius 1 is 1.47 bits per heavy atom. The number of hydrogen-bond acceptors (Lipinski definition) is 4. The van der Waals surface area contributed by atoms with Crippen LogP contribution in [-0.2, 0) is 10.3 Å². The minimum absolute atomic E-state index is 0.200. The van der Waals surface area contributed by atoms with Gasteiger partial charge >= 0.3 is 12.1 Å². The highest BCUT2D eigenvalue weighted by Gasteiger charge is 2.60. The molecule has 1 aromatic rings. The average Bonchev–Trinajstić information content (AvgIpc) is 2.18. The number of carbonyl (C=O) groups is 1. The van der Waals surface area contributed by atoms with Crippen molar-refractivity contribution in [3.8, 4) is 0 Å². The van der Waals surface area contributed by atoms with Gasteiger partial charge in [-0.05, 0) is 6.07 Å². The molecule has 5 N–H and O–H groups in total. The number of hydrogen-bond donors (Lipinski definition) is 3. The van der Waals surface area contributed by atoms with Crippen molar-refractivity contribution >= 4 is 23.4 Å². The van der Waals surface area contributed by atoms with Gasteiger partial charge in [-0.25, -0.2) is 9.78 Å². The summed E-state index contributed by atoms with van der Waals surface area (Å²) in [5.74, 6) is -2.93. The number of aromatic nitrogens is 1. The van der Waals surface area contributed by atoms with Crippen LogP contribution in [0, 0.1) is 0 Å². The number of rotatable bonds is 2. The molecule has 0 aliphatic rings. The molecule has 0 radical (unpaired) electrons. The number of nitrogens with two attached hydrogens (primary N) is 2. The number of aliphatic carboxylic acids is 1. The standard InChI is InChI=1S/C8H7ClF3N3O2/c9-3-1-4(5(13)15-2-3)7(14,6(16)17)8(10,11)12/h1-2H,14H2,(H2,13,15)(H,16,17). The van der Waals surface area contributed by atoms with Gasteiger partial charge in [0.25, 0.3) is 0 Å². The maximum atomic E-state index is 12.7. The summed E-state index contributed by atoms with van der Waals surface area (Å²) >= 11 is 5.44. The zero-order valence-corrected chi connectivity index (χ0v) is 8.88. The Kier molecular flexibility index (Phi) is 3.22. The SMILES string of the molecule is Nc1ncc(Cl)cc1C(N)(C(=O)O)C(F)(F)F. The maximum Gasteiger partial charge on any atom is 0.421 e. The Balaban J connectivity index is 3.54. The zero-order chi connectivity index (χ0) is 13.4. The van der Waals surface area contributed by atoms with Crippen molar-refractivity contribution in [3.05, 3.63) is 22.8 Å². The molecule has 0 aliphatic carbocycles. The van der Waals surface area contributed by atoms with E-state index in [1.807, 2.05) is 0 Å². The van der Waals surface area contributed by atoms with E-state index in [4.69, 9.17) is 28.2 Å². The number of nitrogens with zero attached hydrogens (tertiary/aromatic N) is 1. The highest BCUT2D eigenvalue weighted by atomic mass is 35.5. The van der Waals surface area contributed by atoms with Crippen molar-refractivity contribution in [2.24, 2.45) is 5.73 Å². The van der Waals surface area contributed by atoms with Crippen molar-refractivity contribution < 1.29 is 23.1 Å². The first-order valence-corrected chi connectivity index (χ1v) is 4.49. The Morgan fingerprint density at radius 2 is 2.00 bits per heavy atom. The summed E-state index contributed by atoms with van der Waals surface area (Å²) in [5, 5.41) is 8.47. The third kappa shape index (κ3) is 2.13. The van der Waals surface area contributed by atoms with Crippen LogP contribution in [0.25, 0.3) is 0 Å². The Hall–Kier alpha value is -1.54. The topological polar surface area (TPSA) is 102 Å². The fourth-order valence-corrected chi connectivity index (χ4v) is 1.31. The first-order chi connectivity index (χ1) is 7.60. The summed E-state index contributed by atoms with van der Waals surface area (Å²) in [7, 11) is 0. The van der Waals surface area contributed by atoms with E-state index in [1.165, 1.54) is 0 Å². The van der Waals surface area contributed by atoms with Crippen LogP contribution in [0.2, 0.25) is 5.02 Å². The molecular weight excluding hydrogens is 263 g/mol. The first-order valence-electron chi connectivity index (χ1n) is 4.11. The molecule has 1 aromatic heterocycles. The second-order valence-corrected chi connectivity index (χ2v) is 3.63. The fourth-order valence-electron chi connectivity index (χ4n) is 1.15. The summed E-state index contributed by atoms with van der Waals surface area (Å²) in [6, 6.07) is 0.728. The van der Waals surface area contributed by atoms with Crippen LogP contribution in [0.4, 0.5) is 19.0 Å². The largest absolute Gasteiger partial charge is 0.479 e. The van der Waals surface area contributed by atoms with Gasteiger partial charge in [0.1, 0.15) is 5.82 Å².